The number of rotatable bonds is 4. The quantitative estimate of drug-likeness (QED) is 0.414. The number of Topliss-reactive ketones (excluding diaryl/α,β-unsaturated/α-hetero) is 1. The molecule has 3 N–H and O–H groups in total. The second-order valence-electron chi connectivity index (χ2n) is 7.34. The van der Waals surface area contributed by atoms with Gasteiger partial charge in [-0.15, -0.1) is 0 Å². The van der Waals surface area contributed by atoms with Crippen molar-refractivity contribution in [2.45, 2.75) is 13.5 Å². The molecule has 1 aliphatic heterocycles. The van der Waals surface area contributed by atoms with E-state index in [2.05, 4.69) is 16.0 Å². The van der Waals surface area contributed by atoms with Crippen LogP contribution in [-0.4, -0.2) is 22.8 Å². The third kappa shape index (κ3) is 4.65. The number of aryl methyl sites for hydroxylation is 1. The van der Waals surface area contributed by atoms with Gasteiger partial charge in [-0.2, -0.15) is 0 Å². The SMILES string of the molecule is Cc1cccc(NC(=S)NC(=O)Nc2ccc3c(c2)C(=O)C(=O)N3Cc2ccccc2)c1. The second kappa shape index (κ2) is 8.99. The number of benzene rings is 3. The van der Waals surface area contributed by atoms with Crippen LogP contribution in [0.4, 0.5) is 21.9 Å². The van der Waals surface area contributed by atoms with Crippen molar-refractivity contribution >= 4 is 52.1 Å². The van der Waals surface area contributed by atoms with Crippen LogP contribution >= 0.6 is 12.2 Å². The molecule has 1 heterocycles. The van der Waals surface area contributed by atoms with E-state index in [4.69, 9.17) is 12.2 Å². The minimum atomic E-state index is -0.600. The number of carbonyl (C=O) groups is 3. The predicted octanol–water partition coefficient (Wildman–Crippen LogP) is 4.24. The van der Waals surface area contributed by atoms with Crippen LogP contribution in [0.1, 0.15) is 21.5 Å². The van der Waals surface area contributed by atoms with E-state index in [0.29, 0.717) is 17.9 Å². The van der Waals surface area contributed by atoms with Gasteiger partial charge in [0.1, 0.15) is 0 Å². The highest BCUT2D eigenvalue weighted by Crippen LogP contribution is 2.32. The molecule has 160 valence electrons. The van der Waals surface area contributed by atoms with Gasteiger partial charge < -0.3 is 15.5 Å². The van der Waals surface area contributed by atoms with E-state index in [9.17, 15) is 14.4 Å². The Morgan fingerprint density at radius 1 is 0.906 bits per heavy atom. The van der Waals surface area contributed by atoms with Crippen molar-refractivity contribution in [3.63, 3.8) is 0 Å². The van der Waals surface area contributed by atoms with Gasteiger partial charge >= 0.3 is 6.03 Å². The molecule has 0 saturated carbocycles. The fourth-order valence-electron chi connectivity index (χ4n) is 3.45. The zero-order chi connectivity index (χ0) is 22.7. The molecule has 7 nitrogen and oxygen atoms in total. The van der Waals surface area contributed by atoms with Gasteiger partial charge in [-0.1, -0.05) is 42.5 Å². The molecular formula is C24H20N4O3S. The van der Waals surface area contributed by atoms with Gasteiger partial charge in [-0.05, 0) is 60.6 Å². The number of fused-ring (bicyclic) bond motifs is 1. The Labute approximate surface area is 190 Å². The number of hydrogen-bond acceptors (Lipinski definition) is 4. The number of nitrogens with one attached hydrogen (secondary N) is 3. The Bertz CT molecular complexity index is 1230. The summed E-state index contributed by atoms with van der Waals surface area (Å²) in [5.41, 5.74) is 3.88. The molecule has 8 heteroatoms. The van der Waals surface area contributed by atoms with Gasteiger partial charge in [0.2, 0.25) is 0 Å². The molecule has 0 bridgehead atoms. The van der Waals surface area contributed by atoms with E-state index >= 15 is 0 Å². The van der Waals surface area contributed by atoms with Gasteiger partial charge in [0.15, 0.2) is 5.11 Å². The molecule has 0 saturated heterocycles. The van der Waals surface area contributed by atoms with Gasteiger partial charge in [-0.25, -0.2) is 4.79 Å². The number of amides is 3. The van der Waals surface area contributed by atoms with Crippen LogP contribution in [-0.2, 0) is 11.3 Å². The van der Waals surface area contributed by atoms with Crippen LogP contribution in [0.25, 0.3) is 0 Å². The highest BCUT2D eigenvalue weighted by Gasteiger charge is 2.36. The van der Waals surface area contributed by atoms with Crippen molar-refractivity contribution < 1.29 is 14.4 Å². The zero-order valence-electron chi connectivity index (χ0n) is 17.2. The van der Waals surface area contributed by atoms with Crippen LogP contribution in [0, 0.1) is 6.92 Å². The Morgan fingerprint density at radius 2 is 1.66 bits per heavy atom. The first-order chi connectivity index (χ1) is 15.4. The summed E-state index contributed by atoms with van der Waals surface area (Å²) in [6.07, 6.45) is 0. The maximum absolute atomic E-state index is 12.5. The van der Waals surface area contributed by atoms with Gasteiger partial charge in [0, 0.05) is 11.4 Å². The Balaban J connectivity index is 1.42. The first-order valence-corrected chi connectivity index (χ1v) is 10.3. The number of hydrogen-bond donors (Lipinski definition) is 3. The van der Waals surface area contributed by atoms with E-state index in [0.717, 1.165) is 16.8 Å². The zero-order valence-corrected chi connectivity index (χ0v) is 18.0. The van der Waals surface area contributed by atoms with Crippen LogP contribution in [0.3, 0.4) is 0 Å². The average Bonchev–Trinajstić information content (AvgIpc) is 2.99. The molecule has 1 aliphatic rings. The summed E-state index contributed by atoms with van der Waals surface area (Å²) in [6.45, 7) is 2.25. The number of urea groups is 1. The van der Waals surface area contributed by atoms with Gasteiger partial charge in [0.25, 0.3) is 11.7 Å². The summed E-state index contributed by atoms with van der Waals surface area (Å²) < 4.78 is 0. The molecule has 0 aliphatic carbocycles. The second-order valence-corrected chi connectivity index (χ2v) is 7.75. The third-order valence-electron chi connectivity index (χ3n) is 4.92. The maximum Gasteiger partial charge on any atom is 0.325 e. The molecule has 0 spiro atoms. The standard InChI is InChI=1S/C24H20N4O3S/c1-15-6-5-9-17(12-15)26-24(32)27-23(31)25-18-10-11-20-19(13-18)21(29)22(30)28(20)14-16-7-3-2-4-8-16/h2-13H,14H2,1H3,(H3,25,26,27,31,32). The largest absolute Gasteiger partial charge is 0.332 e. The number of ketones is 1. The summed E-state index contributed by atoms with van der Waals surface area (Å²) in [4.78, 5) is 38.7. The van der Waals surface area contributed by atoms with Crippen molar-refractivity contribution in [2.24, 2.45) is 0 Å². The molecule has 0 unspecified atom stereocenters. The lowest BCUT2D eigenvalue weighted by Crippen LogP contribution is -2.37. The summed E-state index contributed by atoms with van der Waals surface area (Å²) >= 11 is 5.17. The first kappa shape index (κ1) is 21.2. The molecule has 3 amide bonds. The van der Waals surface area contributed by atoms with Gasteiger partial charge in [0.05, 0.1) is 17.8 Å². The Morgan fingerprint density at radius 3 is 2.41 bits per heavy atom. The lowest BCUT2D eigenvalue weighted by atomic mass is 10.1. The monoisotopic (exact) mass is 444 g/mol. The predicted molar refractivity (Wildman–Crippen MR) is 128 cm³/mol. The highest BCUT2D eigenvalue weighted by atomic mass is 32.1. The van der Waals surface area contributed by atoms with E-state index in [1.807, 2.05) is 61.5 Å². The lowest BCUT2D eigenvalue weighted by Gasteiger charge is -2.17. The normalized spacial score (nSPS) is 12.3. The lowest BCUT2D eigenvalue weighted by molar-refractivity contribution is -0.114. The van der Waals surface area contributed by atoms with Gasteiger partial charge in [-0.3, -0.25) is 14.9 Å². The molecule has 4 rings (SSSR count). The van der Waals surface area contributed by atoms with E-state index in [-0.39, 0.29) is 10.7 Å². The smallest absolute Gasteiger partial charge is 0.325 e. The Kier molecular flexibility index (Phi) is 5.96. The molecule has 0 atom stereocenters. The number of carbonyl (C=O) groups excluding carboxylic acids is 3. The van der Waals surface area contributed by atoms with Crippen LogP contribution in [0.15, 0.2) is 72.8 Å². The molecule has 3 aromatic carbocycles. The van der Waals surface area contributed by atoms with Crippen LogP contribution in [0.2, 0.25) is 0 Å². The molecular weight excluding hydrogens is 424 g/mol. The van der Waals surface area contributed by atoms with Crippen molar-refractivity contribution in [3.05, 3.63) is 89.5 Å². The fourth-order valence-corrected chi connectivity index (χ4v) is 3.66. The van der Waals surface area contributed by atoms with Crippen molar-refractivity contribution in [2.75, 3.05) is 15.5 Å². The fraction of sp³-hybridized carbons (Fsp3) is 0.0833. The van der Waals surface area contributed by atoms with Crippen molar-refractivity contribution in [1.29, 1.82) is 0 Å². The summed E-state index contributed by atoms with van der Waals surface area (Å²) in [6, 6.07) is 21.2. The molecule has 0 aromatic heterocycles. The highest BCUT2D eigenvalue weighted by molar-refractivity contribution is 7.80. The summed E-state index contributed by atoms with van der Waals surface area (Å²) in [5, 5.41) is 8.24. The maximum atomic E-state index is 12.5. The number of nitrogens with zero attached hydrogens (tertiary/aromatic N) is 1. The third-order valence-corrected chi connectivity index (χ3v) is 5.12. The minimum absolute atomic E-state index is 0.134. The van der Waals surface area contributed by atoms with Crippen LogP contribution in [0.5, 0.6) is 0 Å². The van der Waals surface area contributed by atoms with E-state index < -0.39 is 17.7 Å². The van der Waals surface area contributed by atoms with Crippen LogP contribution < -0.4 is 20.9 Å². The van der Waals surface area contributed by atoms with Crippen molar-refractivity contribution in [3.8, 4) is 0 Å². The average molecular weight is 445 g/mol. The molecule has 0 fully saturated rings. The first-order valence-electron chi connectivity index (χ1n) is 9.90. The molecule has 3 aromatic rings. The number of thiocarbonyl (C=S) groups is 1. The van der Waals surface area contributed by atoms with Crippen molar-refractivity contribution in [1.82, 2.24) is 5.32 Å². The van der Waals surface area contributed by atoms with E-state index in [1.54, 1.807) is 12.1 Å². The number of anilines is 3. The summed E-state index contributed by atoms with van der Waals surface area (Å²) in [5.74, 6) is -1.19. The topological polar surface area (TPSA) is 90.5 Å². The van der Waals surface area contributed by atoms with E-state index in [1.165, 1.54) is 11.0 Å². The Hall–Kier alpha value is -4.04. The minimum Gasteiger partial charge on any atom is -0.332 e. The summed E-state index contributed by atoms with van der Waals surface area (Å²) in [7, 11) is 0. The molecule has 0 radical (unpaired) electrons. The molecule has 32 heavy (non-hydrogen) atoms.